The Labute approximate surface area is 120 Å². The summed E-state index contributed by atoms with van der Waals surface area (Å²) in [6.45, 7) is 6.54. The molecule has 0 aliphatic carbocycles. The summed E-state index contributed by atoms with van der Waals surface area (Å²) in [5.41, 5.74) is 0. The average molecular weight is 283 g/mol. The predicted molar refractivity (Wildman–Crippen MR) is 75.4 cm³/mol. The van der Waals surface area contributed by atoms with Crippen molar-refractivity contribution in [1.82, 2.24) is 14.7 Å². The van der Waals surface area contributed by atoms with Crippen LogP contribution >= 0.6 is 0 Å². The van der Waals surface area contributed by atoms with Crippen LogP contribution < -0.4 is 0 Å². The molecule has 0 aromatic carbocycles. The van der Waals surface area contributed by atoms with Crippen LogP contribution in [0.1, 0.15) is 19.8 Å². The molecule has 2 aliphatic rings. The van der Waals surface area contributed by atoms with Gasteiger partial charge < -0.3 is 19.4 Å². The van der Waals surface area contributed by atoms with E-state index in [0.717, 1.165) is 25.9 Å². The van der Waals surface area contributed by atoms with Gasteiger partial charge in [-0.25, -0.2) is 4.79 Å². The number of piperidine rings is 1. The zero-order valence-corrected chi connectivity index (χ0v) is 12.5. The van der Waals surface area contributed by atoms with E-state index in [1.165, 1.54) is 0 Å². The molecule has 2 amide bonds. The maximum Gasteiger partial charge on any atom is 0.409 e. The first kappa shape index (κ1) is 15.1. The van der Waals surface area contributed by atoms with Gasteiger partial charge in [0.05, 0.1) is 12.5 Å². The summed E-state index contributed by atoms with van der Waals surface area (Å²) >= 11 is 0. The largest absolute Gasteiger partial charge is 0.450 e. The van der Waals surface area contributed by atoms with E-state index in [0.29, 0.717) is 32.8 Å². The van der Waals surface area contributed by atoms with Crippen LogP contribution in [0.2, 0.25) is 0 Å². The molecule has 0 saturated carbocycles. The first-order valence-corrected chi connectivity index (χ1v) is 7.51. The van der Waals surface area contributed by atoms with E-state index in [1.807, 2.05) is 4.90 Å². The van der Waals surface area contributed by atoms with E-state index in [9.17, 15) is 9.59 Å². The Morgan fingerprint density at radius 2 is 1.75 bits per heavy atom. The highest BCUT2D eigenvalue weighted by atomic mass is 16.6. The maximum atomic E-state index is 12.5. The van der Waals surface area contributed by atoms with Gasteiger partial charge in [0.25, 0.3) is 0 Å². The number of hydrogen-bond acceptors (Lipinski definition) is 4. The lowest BCUT2D eigenvalue weighted by molar-refractivity contribution is -0.138. The van der Waals surface area contributed by atoms with Crippen LogP contribution in [0.5, 0.6) is 0 Å². The van der Waals surface area contributed by atoms with E-state index in [1.54, 1.807) is 11.8 Å². The van der Waals surface area contributed by atoms with E-state index >= 15 is 0 Å². The molecule has 2 fully saturated rings. The van der Waals surface area contributed by atoms with Gasteiger partial charge in [-0.15, -0.1) is 0 Å². The van der Waals surface area contributed by atoms with Crippen molar-refractivity contribution in [3.05, 3.63) is 0 Å². The van der Waals surface area contributed by atoms with Gasteiger partial charge in [0.1, 0.15) is 0 Å². The Morgan fingerprint density at radius 3 is 2.35 bits per heavy atom. The summed E-state index contributed by atoms with van der Waals surface area (Å²) in [4.78, 5) is 29.9. The monoisotopic (exact) mass is 283 g/mol. The summed E-state index contributed by atoms with van der Waals surface area (Å²) < 4.78 is 4.98. The van der Waals surface area contributed by atoms with Gasteiger partial charge in [0.2, 0.25) is 5.91 Å². The van der Waals surface area contributed by atoms with E-state index in [2.05, 4.69) is 11.9 Å². The minimum absolute atomic E-state index is 0.128. The quantitative estimate of drug-likeness (QED) is 0.746. The third-order valence-corrected chi connectivity index (χ3v) is 4.09. The third kappa shape index (κ3) is 3.62. The molecular formula is C14H25N3O3. The van der Waals surface area contributed by atoms with E-state index in [-0.39, 0.29) is 17.9 Å². The number of likely N-dealkylation sites (tertiary alicyclic amines) is 1. The molecule has 0 radical (unpaired) electrons. The third-order valence-electron chi connectivity index (χ3n) is 4.09. The fourth-order valence-electron chi connectivity index (χ4n) is 2.95. The van der Waals surface area contributed by atoms with Crippen LogP contribution in [0.4, 0.5) is 4.79 Å². The molecule has 20 heavy (non-hydrogen) atoms. The Balaban J connectivity index is 1.81. The molecule has 0 spiro atoms. The van der Waals surface area contributed by atoms with Crippen LogP contribution in [-0.2, 0) is 9.53 Å². The minimum atomic E-state index is -0.267. The van der Waals surface area contributed by atoms with Crippen molar-refractivity contribution in [2.45, 2.75) is 19.8 Å². The summed E-state index contributed by atoms with van der Waals surface area (Å²) in [6.07, 6.45) is 1.81. The highest BCUT2D eigenvalue weighted by molar-refractivity contribution is 5.79. The second-order valence-corrected chi connectivity index (χ2v) is 5.61. The highest BCUT2D eigenvalue weighted by Crippen LogP contribution is 2.18. The van der Waals surface area contributed by atoms with Gasteiger partial charge >= 0.3 is 6.09 Å². The molecule has 0 unspecified atom stereocenters. The van der Waals surface area contributed by atoms with Crippen molar-refractivity contribution >= 4 is 12.0 Å². The molecule has 0 N–H and O–H groups in total. The van der Waals surface area contributed by atoms with Crippen LogP contribution in [0, 0.1) is 5.92 Å². The fourth-order valence-corrected chi connectivity index (χ4v) is 2.95. The number of carbonyl (C=O) groups excluding carboxylic acids is 2. The lowest BCUT2D eigenvalue weighted by atomic mass is 9.96. The molecule has 2 saturated heterocycles. The van der Waals surface area contributed by atoms with Crippen molar-refractivity contribution in [2.75, 3.05) is 52.9 Å². The Kier molecular flexibility index (Phi) is 5.23. The molecule has 2 aliphatic heterocycles. The number of piperazine rings is 1. The number of hydrogen-bond donors (Lipinski definition) is 0. The van der Waals surface area contributed by atoms with Gasteiger partial charge in [-0.2, -0.15) is 0 Å². The van der Waals surface area contributed by atoms with E-state index in [4.69, 9.17) is 4.74 Å². The number of nitrogens with zero attached hydrogens (tertiary/aromatic N) is 3. The predicted octanol–water partition coefficient (Wildman–Crippen LogP) is 0.629. The molecule has 114 valence electrons. The first-order valence-electron chi connectivity index (χ1n) is 7.51. The SMILES string of the molecule is CCOC(=O)N1CCN(C(=O)[C@H]2CCCN(C)C2)CC1. The molecular weight excluding hydrogens is 258 g/mol. The van der Waals surface area contributed by atoms with E-state index < -0.39 is 0 Å². The normalized spacial score (nSPS) is 24.6. The number of amides is 2. The number of carbonyl (C=O) groups is 2. The summed E-state index contributed by atoms with van der Waals surface area (Å²) in [7, 11) is 2.07. The maximum absolute atomic E-state index is 12.5. The van der Waals surface area contributed by atoms with Crippen LogP contribution in [0.15, 0.2) is 0 Å². The topological polar surface area (TPSA) is 53.1 Å². The highest BCUT2D eigenvalue weighted by Gasteiger charge is 2.31. The Morgan fingerprint density at radius 1 is 1.10 bits per heavy atom. The lowest BCUT2D eigenvalue weighted by Crippen LogP contribution is -2.53. The van der Waals surface area contributed by atoms with Crippen molar-refractivity contribution in [3.8, 4) is 0 Å². The fraction of sp³-hybridized carbons (Fsp3) is 0.857. The van der Waals surface area contributed by atoms with Gasteiger partial charge in [-0.05, 0) is 33.4 Å². The minimum Gasteiger partial charge on any atom is -0.450 e. The van der Waals surface area contributed by atoms with Gasteiger partial charge in [0, 0.05) is 32.7 Å². The number of rotatable bonds is 2. The van der Waals surface area contributed by atoms with Crippen molar-refractivity contribution in [3.63, 3.8) is 0 Å². The zero-order valence-electron chi connectivity index (χ0n) is 12.5. The van der Waals surface area contributed by atoms with Gasteiger partial charge in [-0.1, -0.05) is 0 Å². The van der Waals surface area contributed by atoms with Gasteiger partial charge in [-0.3, -0.25) is 4.79 Å². The Hall–Kier alpha value is -1.30. The molecule has 1 atom stereocenters. The summed E-state index contributed by atoms with van der Waals surface area (Å²) in [5.74, 6) is 0.378. The second-order valence-electron chi connectivity index (χ2n) is 5.61. The van der Waals surface area contributed by atoms with Gasteiger partial charge in [0.15, 0.2) is 0 Å². The molecule has 6 nitrogen and oxygen atoms in total. The van der Waals surface area contributed by atoms with Crippen molar-refractivity contribution in [1.29, 1.82) is 0 Å². The zero-order chi connectivity index (χ0) is 14.5. The smallest absolute Gasteiger partial charge is 0.409 e. The molecule has 6 heteroatoms. The average Bonchev–Trinajstić information content (AvgIpc) is 2.47. The molecule has 2 rings (SSSR count). The van der Waals surface area contributed by atoms with Crippen LogP contribution in [0.3, 0.4) is 0 Å². The van der Waals surface area contributed by atoms with Crippen LogP contribution in [-0.4, -0.2) is 79.6 Å². The second kappa shape index (κ2) is 6.92. The van der Waals surface area contributed by atoms with Crippen LogP contribution in [0.25, 0.3) is 0 Å². The molecule has 0 aromatic heterocycles. The summed E-state index contributed by atoms with van der Waals surface area (Å²) in [6, 6.07) is 0. The first-order chi connectivity index (χ1) is 9.61. The number of ether oxygens (including phenoxy) is 1. The molecule has 0 aromatic rings. The lowest BCUT2D eigenvalue weighted by Gasteiger charge is -2.37. The van der Waals surface area contributed by atoms with Crippen molar-refractivity contribution < 1.29 is 14.3 Å². The summed E-state index contributed by atoms with van der Waals surface area (Å²) in [5, 5.41) is 0. The molecule has 0 bridgehead atoms. The standard InChI is InChI=1S/C14H25N3O3/c1-3-20-14(19)17-9-7-16(8-10-17)13(18)12-5-4-6-15(2)11-12/h12H,3-11H2,1-2H3/t12-/m0/s1. The van der Waals surface area contributed by atoms with Crippen molar-refractivity contribution in [2.24, 2.45) is 5.92 Å². The Bertz CT molecular complexity index is 354. The molecule has 2 heterocycles.